The van der Waals surface area contributed by atoms with E-state index in [1.807, 2.05) is 0 Å². The maximum absolute atomic E-state index is 8.49. The number of rotatable bonds is 0. The third kappa shape index (κ3) is 13000. The first-order valence-corrected chi connectivity index (χ1v) is 5.72. The van der Waals surface area contributed by atoms with Crippen LogP contribution in [-0.2, 0) is 39.0 Å². The van der Waals surface area contributed by atoms with E-state index in [1.165, 1.54) is 0 Å². The van der Waals surface area contributed by atoms with E-state index in [0.717, 1.165) is 0 Å². The van der Waals surface area contributed by atoms with Gasteiger partial charge >= 0.3 is 39.0 Å². The number of hydrogen-bond donors (Lipinski definition) is 0. The van der Waals surface area contributed by atoms with Gasteiger partial charge in [0.1, 0.15) is 0 Å². The van der Waals surface area contributed by atoms with E-state index in [1.54, 1.807) is 0 Å². The normalized spacial score (nSPS) is 6.64. The minimum absolute atomic E-state index is 0. The van der Waals surface area contributed by atoms with Crippen LogP contribution in [0.2, 0.25) is 0 Å². The van der Waals surface area contributed by atoms with Crippen LogP contribution < -0.4 is 66.4 Å². The Morgan fingerprint density at radius 1 is 0.321 bits per heavy atom. The van der Waals surface area contributed by atoms with Gasteiger partial charge in [-0.3, -0.25) is 0 Å². The van der Waals surface area contributed by atoms with Crippen molar-refractivity contribution in [3.63, 3.8) is 0 Å². The van der Waals surface area contributed by atoms with Crippen LogP contribution in [0.25, 0.3) is 43.1 Å². The van der Waals surface area contributed by atoms with Crippen LogP contribution in [0.4, 0.5) is 0 Å². The molecule has 0 aliphatic carbocycles. The van der Waals surface area contributed by atoms with Gasteiger partial charge in [-0.25, -0.2) is 55.9 Å². The van der Waals surface area contributed by atoms with E-state index in [9.17, 15) is 0 Å². The van der Waals surface area contributed by atoms with Crippen molar-refractivity contribution in [2.45, 2.75) is 0 Å². The molecule has 0 saturated carbocycles. The van der Waals surface area contributed by atoms with Crippen LogP contribution in [0, 0.1) is 30.7 Å². The Labute approximate surface area is 190 Å². The van der Waals surface area contributed by atoms with E-state index in [2.05, 4.69) is 0 Å². The van der Waals surface area contributed by atoms with Crippen LogP contribution in [0.3, 0.4) is 0 Å². The molecule has 194 valence electrons. The van der Waals surface area contributed by atoms with Gasteiger partial charge in [-0.1, -0.05) is 0 Å². The summed E-state index contributed by atoms with van der Waals surface area (Å²) in [5.74, 6) is 0. The fourth-order valence-corrected chi connectivity index (χ4v) is 0. The van der Waals surface area contributed by atoms with Gasteiger partial charge in [0.15, 0.2) is 0 Å². The van der Waals surface area contributed by atoms with Gasteiger partial charge in [0.2, 0.25) is 0 Å². The Morgan fingerprint density at radius 3 is 0.321 bits per heavy atom. The van der Waals surface area contributed by atoms with E-state index in [-0.39, 0.29) is 93.0 Å². The van der Waals surface area contributed by atoms with Crippen molar-refractivity contribution < 1.29 is 147 Å². The molecule has 28 heteroatoms. The number of hydrogen-bond acceptors (Lipinski definition) is 15. The maximum atomic E-state index is 8.49. The molecule has 0 heterocycles. The Balaban J connectivity index is -0.00000000560. The molecule has 0 amide bonds. The van der Waals surface area contributed by atoms with Crippen LogP contribution in [0.15, 0.2) is 0 Å². The molecule has 0 bridgehead atoms. The molecule has 0 spiro atoms. The van der Waals surface area contributed by atoms with Crippen molar-refractivity contribution in [1.29, 1.82) is 0 Å². The molecule has 0 aromatic rings. The van der Waals surface area contributed by atoms with Crippen LogP contribution >= 0.6 is 0 Å². The quantitative estimate of drug-likeness (QED) is 0.130. The SMILES string of the molecule is O.[NH2-].[NH2-].[NH2-].[NH2-].[NH2-].[NH2-].[NH2-].[O-][Cl+3]([O-])([O-])[O-].[O-][Cl+3]([O-])([O-])[O-].[O-][Cl+3]([O-])([O-])[O-].[O-][O-].[OH-].[Rh+3].[Rh+3]. The zero-order valence-electron chi connectivity index (χ0n) is 12.5. The van der Waals surface area contributed by atoms with Crippen molar-refractivity contribution in [3.8, 4) is 0 Å². The van der Waals surface area contributed by atoms with E-state index in [0.29, 0.717) is 0 Å². The molecule has 23 nitrogen and oxygen atoms in total. The molecule has 0 saturated heterocycles. The largest absolute Gasteiger partial charge is 3.00 e. The van der Waals surface area contributed by atoms with Crippen LogP contribution in [0.1, 0.15) is 0 Å². The minimum Gasteiger partial charge on any atom is -1.00 e. The second kappa shape index (κ2) is 56.6. The summed E-state index contributed by atoms with van der Waals surface area (Å²) in [7, 11) is -14.8. The van der Waals surface area contributed by atoms with Gasteiger partial charge in [0.05, 0.1) is 0 Å². The number of halogens is 3. The van der Waals surface area contributed by atoms with Crippen molar-refractivity contribution in [1.82, 2.24) is 0 Å². The average Bonchev–Trinajstić information content (AvgIpc) is 1.77. The minimum atomic E-state index is -4.94. The predicted octanol–water partition coefficient (Wildman–Crippen LogP) is -12.6. The smallest absolute Gasteiger partial charge is 1.00 e. The maximum Gasteiger partial charge on any atom is 3.00 e. The summed E-state index contributed by atoms with van der Waals surface area (Å²) in [4.78, 5) is 0. The Hall–Kier alpha value is 1.20. The molecule has 17 N–H and O–H groups in total. The van der Waals surface area contributed by atoms with Crippen molar-refractivity contribution in [2.24, 2.45) is 0 Å². The van der Waals surface area contributed by atoms with E-state index < -0.39 is 30.7 Å². The van der Waals surface area contributed by atoms with Gasteiger partial charge in [-0.15, -0.1) is 30.7 Å². The Morgan fingerprint density at radius 2 is 0.321 bits per heavy atom. The number of nitrogens with two attached hydrogens (primary N) is 7. The van der Waals surface area contributed by atoms with Gasteiger partial charge in [-0.05, 0) is 0 Å². The van der Waals surface area contributed by atoms with Crippen molar-refractivity contribution in [2.75, 3.05) is 0 Å². The summed E-state index contributed by atoms with van der Waals surface area (Å²) in [5, 5.41) is 14.0. The molecule has 0 aromatic heterocycles. The first-order valence-electron chi connectivity index (χ1n) is 2.02. The molecule has 0 aliphatic heterocycles. The first kappa shape index (κ1) is 115. The molecule has 0 fully saturated rings. The van der Waals surface area contributed by atoms with Gasteiger partial charge in [0.25, 0.3) is 0 Å². The zero-order chi connectivity index (χ0) is 15.5. The van der Waals surface area contributed by atoms with E-state index in [4.69, 9.17) is 66.4 Å². The topological polar surface area (TPSA) is 619 Å². The van der Waals surface area contributed by atoms with Crippen molar-refractivity contribution >= 4 is 0 Å². The van der Waals surface area contributed by atoms with Crippen molar-refractivity contribution in [3.05, 3.63) is 43.1 Å². The second-order valence-electron chi connectivity index (χ2n) is 1.13. The van der Waals surface area contributed by atoms with Gasteiger partial charge < -0.3 is 64.5 Å². The van der Waals surface area contributed by atoms with E-state index >= 15 is 0 Å². The van der Waals surface area contributed by atoms with Gasteiger partial charge in [0, 0.05) is 0 Å². The Bertz CT molecular complexity index is 119. The zero-order valence-corrected chi connectivity index (χ0v) is 18.0. The molecule has 0 radical (unpaired) electrons. The third-order valence-corrected chi connectivity index (χ3v) is 0. The summed E-state index contributed by atoms with van der Waals surface area (Å²) < 4.78 is 102. The molecule has 28 heavy (non-hydrogen) atoms. The second-order valence-corrected chi connectivity index (χ2v) is 3.40. The summed E-state index contributed by atoms with van der Waals surface area (Å²) in [6, 6.07) is 0. The molecule has 0 atom stereocenters. The molecule has 0 aliphatic rings. The molecular formula is H17Cl3N7O16Rh2-7. The molecule has 0 aromatic carbocycles. The molecular weight excluding hydrogens is 666 g/mol. The predicted molar refractivity (Wildman–Crippen MR) is 42.5 cm³/mol. The summed E-state index contributed by atoms with van der Waals surface area (Å²) in [6.07, 6.45) is 0. The molecule has 0 rings (SSSR count). The summed E-state index contributed by atoms with van der Waals surface area (Å²) in [5.41, 5.74) is 0. The fraction of sp³-hybridized carbons (Fsp3) is 0. The summed E-state index contributed by atoms with van der Waals surface area (Å²) in [6.45, 7) is 0. The Kier molecular flexibility index (Phi) is 233. The molecule has 0 unspecified atom stereocenters. The average molecular weight is 683 g/mol. The monoisotopic (exact) mass is 682 g/mol. The fourth-order valence-electron chi connectivity index (χ4n) is 0. The third-order valence-electron chi connectivity index (χ3n) is 0. The van der Waals surface area contributed by atoms with Gasteiger partial charge in [-0.2, -0.15) is 0 Å². The van der Waals surface area contributed by atoms with Crippen LogP contribution in [-0.4, -0.2) is 11.0 Å². The van der Waals surface area contributed by atoms with Crippen LogP contribution in [0.5, 0.6) is 0 Å². The standard InChI is InChI=1S/3ClHO4.7H2N.O2.2H2O.2Rh/c3*2-1(3,4)5;;;;;;;;1-2;;;;/h3*(H,2,3,4,5);7*1H2;;2*1H2;;/q;;;7*-1;-2;;;2*+3/p-4. The summed E-state index contributed by atoms with van der Waals surface area (Å²) >= 11 is 0. The first-order chi connectivity index (χ1) is 7.00.